The van der Waals surface area contributed by atoms with Crippen LogP contribution in [0.4, 0.5) is 0 Å². The van der Waals surface area contributed by atoms with Crippen molar-refractivity contribution in [2.24, 2.45) is 35.5 Å². The number of carbonyl (C=O) groups excluding carboxylic acids is 2. The normalized spacial score (nSPS) is 30.0. The van der Waals surface area contributed by atoms with Gasteiger partial charge in [-0.05, 0) is 67.6 Å². The average molecular weight is 487 g/mol. The van der Waals surface area contributed by atoms with Crippen molar-refractivity contribution in [1.29, 1.82) is 0 Å². The Kier molecular flexibility index (Phi) is 13.8. The highest BCUT2D eigenvalue weighted by molar-refractivity contribution is 7.83. The summed E-state index contributed by atoms with van der Waals surface area (Å²) in [4.78, 5) is 24.7. The molecule has 194 valence electrons. The van der Waals surface area contributed by atoms with Crippen LogP contribution in [0, 0.1) is 35.5 Å². The van der Waals surface area contributed by atoms with Gasteiger partial charge in [0.2, 0.25) is 0 Å². The molecule has 0 aromatic carbocycles. The molecule has 2 aliphatic rings. The number of hydrogen-bond donors (Lipinski definition) is 0. The van der Waals surface area contributed by atoms with Gasteiger partial charge >= 0.3 is 11.9 Å². The van der Waals surface area contributed by atoms with Crippen LogP contribution in [-0.2, 0) is 29.9 Å². The summed E-state index contributed by atoms with van der Waals surface area (Å²) in [5.41, 5.74) is 0. The van der Waals surface area contributed by atoms with E-state index in [0.717, 1.165) is 25.7 Å². The zero-order valence-electron chi connectivity index (χ0n) is 22.4. The third kappa shape index (κ3) is 11.9. The molecule has 6 heteroatoms. The van der Waals surface area contributed by atoms with Crippen LogP contribution < -0.4 is 0 Å². The van der Waals surface area contributed by atoms with Crippen LogP contribution in [-0.4, -0.2) is 40.9 Å². The van der Waals surface area contributed by atoms with Crippen LogP contribution in [0.25, 0.3) is 0 Å². The number of rotatable bonds is 8. The molecule has 6 atom stereocenters. The summed E-state index contributed by atoms with van der Waals surface area (Å²) >= 11 is 0. The van der Waals surface area contributed by atoms with Crippen molar-refractivity contribution in [2.75, 3.05) is 12.5 Å². The molecule has 0 radical (unpaired) electrons. The third-order valence-electron chi connectivity index (χ3n) is 7.25. The summed E-state index contributed by atoms with van der Waals surface area (Å²) in [7, 11) is -0.611. The molecule has 0 spiro atoms. The van der Waals surface area contributed by atoms with Crippen LogP contribution in [0.3, 0.4) is 0 Å². The quantitative estimate of drug-likeness (QED) is 0.384. The van der Waals surface area contributed by atoms with Crippen LogP contribution in [0.1, 0.15) is 99.3 Å². The molecule has 33 heavy (non-hydrogen) atoms. The fraction of sp³-hybridized carbons (Fsp3) is 0.926. The number of carbonyl (C=O) groups is 2. The molecule has 2 aliphatic carbocycles. The molecular formula is C27H50O5S. The SMILES string of the molecule is CC1CCC(C(C)C)C(OC(=O)CCCC(=O)OC2CC(C)CCC2C(C)C)C1.CS(C)=O. The zero-order valence-corrected chi connectivity index (χ0v) is 23.2. The Bertz CT molecular complexity index is 568. The predicted molar refractivity (Wildman–Crippen MR) is 136 cm³/mol. The van der Waals surface area contributed by atoms with Crippen LogP contribution in [0.2, 0.25) is 0 Å². The topological polar surface area (TPSA) is 69.7 Å². The lowest BCUT2D eigenvalue weighted by molar-refractivity contribution is -0.157. The first-order chi connectivity index (χ1) is 15.4. The molecule has 0 bridgehead atoms. The van der Waals surface area contributed by atoms with Gasteiger partial charge in [-0.2, -0.15) is 0 Å². The van der Waals surface area contributed by atoms with Gasteiger partial charge < -0.3 is 9.47 Å². The van der Waals surface area contributed by atoms with Crippen molar-refractivity contribution < 1.29 is 23.3 Å². The molecule has 0 N–H and O–H groups in total. The summed E-state index contributed by atoms with van der Waals surface area (Å²) in [5, 5.41) is 0. The van der Waals surface area contributed by atoms with Crippen LogP contribution in [0.5, 0.6) is 0 Å². The highest BCUT2D eigenvalue weighted by Crippen LogP contribution is 2.36. The van der Waals surface area contributed by atoms with Gasteiger partial charge in [0.15, 0.2) is 0 Å². The minimum Gasteiger partial charge on any atom is -0.462 e. The van der Waals surface area contributed by atoms with Gasteiger partial charge in [-0.15, -0.1) is 0 Å². The predicted octanol–water partition coefficient (Wildman–Crippen LogP) is 6.16. The van der Waals surface area contributed by atoms with E-state index >= 15 is 0 Å². The molecule has 2 saturated carbocycles. The van der Waals surface area contributed by atoms with Gasteiger partial charge in [-0.25, -0.2) is 0 Å². The smallest absolute Gasteiger partial charge is 0.306 e. The lowest BCUT2D eigenvalue weighted by atomic mass is 9.75. The van der Waals surface area contributed by atoms with E-state index in [2.05, 4.69) is 41.5 Å². The molecule has 2 fully saturated rings. The maximum Gasteiger partial charge on any atom is 0.306 e. The van der Waals surface area contributed by atoms with Gasteiger partial charge in [-0.3, -0.25) is 13.8 Å². The zero-order chi connectivity index (χ0) is 25.1. The van der Waals surface area contributed by atoms with Gasteiger partial charge in [-0.1, -0.05) is 54.4 Å². The van der Waals surface area contributed by atoms with Crippen molar-refractivity contribution in [3.63, 3.8) is 0 Å². The Morgan fingerprint density at radius 2 is 1.09 bits per heavy atom. The first kappa shape index (κ1) is 30.1. The molecule has 0 aromatic heterocycles. The third-order valence-corrected chi connectivity index (χ3v) is 7.25. The van der Waals surface area contributed by atoms with Crippen molar-refractivity contribution in [2.45, 2.75) is 112 Å². The summed E-state index contributed by atoms with van der Waals surface area (Å²) < 4.78 is 21.2. The molecule has 0 heterocycles. The summed E-state index contributed by atoms with van der Waals surface area (Å²) in [5.74, 6) is 2.89. The molecule has 6 unspecified atom stereocenters. The van der Waals surface area contributed by atoms with E-state index in [4.69, 9.17) is 9.47 Å². The Labute approximate surface area is 205 Å². The molecule has 0 saturated heterocycles. The second kappa shape index (κ2) is 15.2. The van der Waals surface area contributed by atoms with E-state index in [1.54, 1.807) is 12.5 Å². The second-order valence-corrected chi connectivity index (χ2v) is 12.8. The first-order valence-electron chi connectivity index (χ1n) is 13.0. The van der Waals surface area contributed by atoms with Gasteiger partial charge in [0, 0.05) is 36.2 Å². The van der Waals surface area contributed by atoms with Gasteiger partial charge in [0.05, 0.1) is 0 Å². The number of ether oxygens (including phenoxy) is 2. The van der Waals surface area contributed by atoms with Gasteiger partial charge in [0.25, 0.3) is 0 Å². The Hall–Kier alpha value is -0.910. The standard InChI is InChI=1S/C25H44O4.C2H6OS/c1-16(2)20-12-10-18(5)14-22(20)28-24(26)8-7-9-25(27)29-23-15-19(6)11-13-21(23)17(3)4;1-4(2)3/h16-23H,7-15H2,1-6H3;1-2H3. The maximum absolute atomic E-state index is 12.4. The minimum atomic E-state index is -0.611. The molecule has 0 amide bonds. The van der Waals surface area contributed by atoms with Crippen molar-refractivity contribution >= 4 is 22.7 Å². The minimum absolute atomic E-state index is 0.0359. The second-order valence-electron chi connectivity index (χ2n) is 11.3. The first-order valence-corrected chi connectivity index (χ1v) is 15.0. The maximum atomic E-state index is 12.4. The summed E-state index contributed by atoms with van der Waals surface area (Å²) in [6.07, 6.45) is 11.1. The molecule has 2 rings (SSSR count). The average Bonchev–Trinajstić information content (AvgIpc) is 2.67. The Balaban J connectivity index is 0.00000125. The van der Waals surface area contributed by atoms with E-state index in [-0.39, 0.29) is 24.1 Å². The highest BCUT2D eigenvalue weighted by Gasteiger charge is 2.34. The van der Waals surface area contributed by atoms with E-state index in [9.17, 15) is 13.8 Å². The lowest BCUT2D eigenvalue weighted by Crippen LogP contribution is -2.36. The fourth-order valence-electron chi connectivity index (χ4n) is 5.33. The van der Waals surface area contributed by atoms with Crippen molar-refractivity contribution in [3.8, 4) is 0 Å². The van der Waals surface area contributed by atoms with Crippen LogP contribution >= 0.6 is 0 Å². The molecule has 0 aromatic rings. The number of hydrogen-bond acceptors (Lipinski definition) is 5. The largest absolute Gasteiger partial charge is 0.462 e. The Morgan fingerprint density at radius 3 is 1.39 bits per heavy atom. The van der Waals surface area contributed by atoms with E-state index in [1.807, 2.05) is 0 Å². The van der Waals surface area contributed by atoms with Crippen LogP contribution in [0.15, 0.2) is 0 Å². The lowest BCUT2D eigenvalue weighted by Gasteiger charge is -2.37. The van der Waals surface area contributed by atoms with E-state index in [1.165, 1.54) is 12.8 Å². The van der Waals surface area contributed by atoms with Crippen molar-refractivity contribution in [3.05, 3.63) is 0 Å². The Morgan fingerprint density at radius 1 is 0.758 bits per heavy atom. The van der Waals surface area contributed by atoms with E-state index < -0.39 is 10.8 Å². The van der Waals surface area contributed by atoms with E-state index in [0.29, 0.717) is 54.8 Å². The molecule has 5 nitrogen and oxygen atoms in total. The van der Waals surface area contributed by atoms with Gasteiger partial charge in [0.1, 0.15) is 12.2 Å². The number of esters is 2. The van der Waals surface area contributed by atoms with Crippen molar-refractivity contribution in [1.82, 2.24) is 0 Å². The molecule has 0 aliphatic heterocycles. The summed E-state index contributed by atoms with van der Waals surface area (Å²) in [6.45, 7) is 13.3. The highest BCUT2D eigenvalue weighted by atomic mass is 32.2. The molecular weight excluding hydrogens is 436 g/mol. The summed E-state index contributed by atoms with van der Waals surface area (Å²) in [6, 6.07) is 0. The fourth-order valence-corrected chi connectivity index (χ4v) is 5.33. The monoisotopic (exact) mass is 486 g/mol.